The second-order valence-corrected chi connectivity index (χ2v) is 6.35. The van der Waals surface area contributed by atoms with Crippen molar-refractivity contribution in [3.63, 3.8) is 0 Å². The Balaban J connectivity index is 1.56. The first kappa shape index (κ1) is 18.6. The Morgan fingerprint density at radius 1 is 1.15 bits per heavy atom. The standard InChI is InChI=1S/C19H18ClN5O2/c20-15-8-6-14(7-9-15)12-21-24-18(26)11-16-19(27)25-23-17(22-16)10-13-4-2-1-3-5-13/h1-9,12,16H,10-11H2,(H,22,23)(H,24,26)(H,25,27)/t16-/m0/s1. The lowest BCUT2D eigenvalue weighted by molar-refractivity contribution is -0.128. The average molecular weight is 384 g/mol. The van der Waals surface area contributed by atoms with Crippen molar-refractivity contribution < 1.29 is 9.59 Å². The Hall–Kier alpha value is -3.19. The Morgan fingerprint density at radius 3 is 2.63 bits per heavy atom. The van der Waals surface area contributed by atoms with Gasteiger partial charge in [0.2, 0.25) is 5.91 Å². The molecule has 2 amide bonds. The Morgan fingerprint density at radius 2 is 1.89 bits per heavy atom. The molecular formula is C19H18ClN5O2. The summed E-state index contributed by atoms with van der Waals surface area (Å²) in [5.74, 6) is -0.156. The van der Waals surface area contributed by atoms with Gasteiger partial charge in [-0.05, 0) is 23.3 Å². The molecule has 0 aliphatic carbocycles. The van der Waals surface area contributed by atoms with Gasteiger partial charge in [-0.25, -0.2) is 5.43 Å². The number of amidine groups is 1. The number of halogens is 1. The second-order valence-electron chi connectivity index (χ2n) is 5.92. The normalized spacial score (nSPS) is 16.4. The van der Waals surface area contributed by atoms with Crippen molar-refractivity contribution in [1.82, 2.24) is 16.3 Å². The molecule has 0 unspecified atom stereocenters. The van der Waals surface area contributed by atoms with E-state index in [1.54, 1.807) is 24.3 Å². The Bertz CT molecular complexity index is 865. The van der Waals surface area contributed by atoms with Crippen molar-refractivity contribution in [3.8, 4) is 0 Å². The minimum atomic E-state index is -0.796. The van der Waals surface area contributed by atoms with Crippen LogP contribution in [0.3, 0.4) is 0 Å². The van der Waals surface area contributed by atoms with Gasteiger partial charge >= 0.3 is 0 Å². The van der Waals surface area contributed by atoms with Crippen molar-refractivity contribution >= 4 is 35.5 Å². The molecule has 2 aromatic carbocycles. The largest absolute Gasteiger partial charge is 0.285 e. The number of benzene rings is 2. The van der Waals surface area contributed by atoms with E-state index in [0.717, 1.165) is 11.1 Å². The summed E-state index contributed by atoms with van der Waals surface area (Å²) in [5.41, 5.74) is 9.56. The second kappa shape index (κ2) is 8.95. The molecule has 3 rings (SSSR count). The third kappa shape index (κ3) is 5.65. The van der Waals surface area contributed by atoms with Crippen molar-refractivity contribution in [3.05, 3.63) is 70.7 Å². The molecule has 27 heavy (non-hydrogen) atoms. The van der Waals surface area contributed by atoms with Gasteiger partial charge in [0.1, 0.15) is 11.9 Å². The molecule has 0 fully saturated rings. The monoisotopic (exact) mass is 383 g/mol. The Kier molecular flexibility index (Phi) is 6.17. The van der Waals surface area contributed by atoms with Gasteiger partial charge in [-0.2, -0.15) is 5.10 Å². The summed E-state index contributed by atoms with van der Waals surface area (Å²) in [7, 11) is 0. The van der Waals surface area contributed by atoms with Gasteiger partial charge in [0.05, 0.1) is 12.6 Å². The summed E-state index contributed by atoms with van der Waals surface area (Å²) in [6, 6.07) is 15.9. The van der Waals surface area contributed by atoms with E-state index in [9.17, 15) is 9.59 Å². The molecule has 7 nitrogen and oxygen atoms in total. The van der Waals surface area contributed by atoms with Crippen LogP contribution in [0, 0.1) is 0 Å². The van der Waals surface area contributed by atoms with E-state index in [1.807, 2.05) is 30.3 Å². The molecule has 2 aromatic rings. The number of hydrogen-bond acceptors (Lipinski definition) is 5. The van der Waals surface area contributed by atoms with Crippen LogP contribution in [0.4, 0.5) is 0 Å². The van der Waals surface area contributed by atoms with Crippen LogP contribution >= 0.6 is 11.6 Å². The van der Waals surface area contributed by atoms with E-state index in [4.69, 9.17) is 11.6 Å². The van der Waals surface area contributed by atoms with Crippen molar-refractivity contribution in [2.24, 2.45) is 10.1 Å². The first-order valence-corrected chi connectivity index (χ1v) is 8.72. The van der Waals surface area contributed by atoms with E-state index >= 15 is 0 Å². The van der Waals surface area contributed by atoms with E-state index < -0.39 is 11.9 Å². The highest BCUT2D eigenvalue weighted by Crippen LogP contribution is 2.08. The summed E-state index contributed by atoms with van der Waals surface area (Å²) < 4.78 is 0. The highest BCUT2D eigenvalue weighted by Gasteiger charge is 2.25. The van der Waals surface area contributed by atoms with Crippen molar-refractivity contribution in [2.75, 3.05) is 0 Å². The summed E-state index contributed by atoms with van der Waals surface area (Å²) in [6.07, 6.45) is 1.94. The highest BCUT2D eigenvalue weighted by atomic mass is 35.5. The molecule has 1 atom stereocenters. The van der Waals surface area contributed by atoms with E-state index in [1.165, 1.54) is 6.21 Å². The zero-order chi connectivity index (χ0) is 19.1. The number of carbonyl (C=O) groups excluding carboxylic acids is 2. The molecule has 0 saturated carbocycles. The van der Waals surface area contributed by atoms with Crippen molar-refractivity contribution in [2.45, 2.75) is 18.9 Å². The van der Waals surface area contributed by atoms with Gasteiger partial charge in [0.15, 0.2) is 0 Å². The van der Waals surface area contributed by atoms with E-state index in [2.05, 4.69) is 26.4 Å². The molecule has 8 heteroatoms. The van der Waals surface area contributed by atoms with Crippen LogP contribution in [0.2, 0.25) is 5.02 Å². The smallest absolute Gasteiger partial charge is 0.263 e. The van der Waals surface area contributed by atoms with Gasteiger partial charge < -0.3 is 0 Å². The van der Waals surface area contributed by atoms with Crippen LogP contribution < -0.4 is 16.3 Å². The van der Waals surface area contributed by atoms with Crippen LogP contribution in [0.1, 0.15) is 17.5 Å². The number of nitrogens with one attached hydrogen (secondary N) is 3. The number of aliphatic imine (C=N–C) groups is 1. The lowest BCUT2D eigenvalue weighted by atomic mass is 10.1. The van der Waals surface area contributed by atoms with Gasteiger partial charge in [-0.3, -0.25) is 25.4 Å². The average Bonchev–Trinajstić information content (AvgIpc) is 2.67. The van der Waals surface area contributed by atoms with Crippen LogP contribution in [-0.4, -0.2) is 29.9 Å². The fourth-order valence-corrected chi connectivity index (χ4v) is 2.59. The molecule has 3 N–H and O–H groups in total. The van der Waals surface area contributed by atoms with Crippen LogP contribution in [0.5, 0.6) is 0 Å². The minimum Gasteiger partial charge on any atom is -0.285 e. The zero-order valence-electron chi connectivity index (χ0n) is 14.4. The summed E-state index contributed by atoms with van der Waals surface area (Å²) in [4.78, 5) is 28.3. The highest BCUT2D eigenvalue weighted by molar-refractivity contribution is 6.30. The van der Waals surface area contributed by atoms with Gasteiger partial charge in [-0.1, -0.05) is 54.1 Å². The lowest BCUT2D eigenvalue weighted by Crippen LogP contribution is -2.52. The Labute approximate surface area is 161 Å². The predicted octanol–water partition coefficient (Wildman–Crippen LogP) is 1.82. The molecule has 0 bridgehead atoms. The first-order chi connectivity index (χ1) is 13.1. The van der Waals surface area contributed by atoms with Gasteiger partial charge in [-0.15, -0.1) is 0 Å². The number of hydrazine groups is 1. The number of hydrazone groups is 1. The maximum absolute atomic E-state index is 12.1. The molecule has 1 aliphatic rings. The number of carbonyl (C=O) groups is 2. The number of nitrogens with zero attached hydrogens (tertiary/aromatic N) is 2. The fourth-order valence-electron chi connectivity index (χ4n) is 2.46. The molecule has 0 radical (unpaired) electrons. The predicted molar refractivity (Wildman–Crippen MR) is 104 cm³/mol. The van der Waals surface area contributed by atoms with Crippen LogP contribution in [0.15, 0.2) is 64.7 Å². The number of hydrogen-bond donors (Lipinski definition) is 3. The zero-order valence-corrected chi connectivity index (χ0v) is 15.1. The minimum absolute atomic E-state index is 0.0935. The fraction of sp³-hybridized carbons (Fsp3) is 0.158. The van der Waals surface area contributed by atoms with Gasteiger partial charge in [0.25, 0.3) is 5.91 Å². The van der Waals surface area contributed by atoms with Crippen molar-refractivity contribution in [1.29, 1.82) is 0 Å². The molecule has 138 valence electrons. The molecule has 0 aromatic heterocycles. The maximum Gasteiger partial charge on any atom is 0.263 e. The first-order valence-electron chi connectivity index (χ1n) is 8.34. The maximum atomic E-state index is 12.1. The molecule has 0 spiro atoms. The lowest BCUT2D eigenvalue weighted by Gasteiger charge is -2.21. The van der Waals surface area contributed by atoms with E-state index in [0.29, 0.717) is 17.3 Å². The summed E-state index contributed by atoms with van der Waals surface area (Å²) in [6.45, 7) is 0. The molecule has 0 saturated heterocycles. The number of amides is 2. The van der Waals surface area contributed by atoms with Crippen LogP contribution in [-0.2, 0) is 16.0 Å². The SMILES string of the molecule is O=C(C[C@@H]1N=C(Cc2ccccc2)NNC1=O)NN=Cc1ccc(Cl)cc1. The molecule has 1 heterocycles. The molecule has 1 aliphatic heterocycles. The van der Waals surface area contributed by atoms with Gasteiger partial charge in [0, 0.05) is 11.4 Å². The third-order valence-corrected chi connectivity index (χ3v) is 4.06. The topological polar surface area (TPSA) is 95.0 Å². The summed E-state index contributed by atoms with van der Waals surface area (Å²) >= 11 is 5.81. The third-order valence-electron chi connectivity index (χ3n) is 3.81. The van der Waals surface area contributed by atoms with Crippen LogP contribution in [0.25, 0.3) is 0 Å². The molecular weight excluding hydrogens is 366 g/mol. The quantitative estimate of drug-likeness (QED) is 0.524. The summed E-state index contributed by atoms with van der Waals surface area (Å²) in [5, 5.41) is 4.51. The van der Waals surface area contributed by atoms with E-state index in [-0.39, 0.29) is 12.3 Å². The number of rotatable bonds is 6.